The number of rotatable bonds is 5. The van der Waals surface area contributed by atoms with Gasteiger partial charge in [0.05, 0.1) is 23.1 Å². The number of piperidine rings is 1. The Kier molecular flexibility index (Phi) is 6.20. The third-order valence-corrected chi connectivity index (χ3v) is 7.55. The molecule has 4 rings (SSSR count). The van der Waals surface area contributed by atoms with Gasteiger partial charge in [-0.25, -0.2) is 13.4 Å². The summed E-state index contributed by atoms with van der Waals surface area (Å²) in [7, 11) is -3.51. The van der Waals surface area contributed by atoms with E-state index in [1.807, 2.05) is 6.07 Å². The van der Waals surface area contributed by atoms with Crippen molar-refractivity contribution < 1.29 is 17.9 Å². The molecule has 8 nitrogen and oxygen atoms in total. The van der Waals surface area contributed by atoms with Crippen molar-refractivity contribution in [1.82, 2.24) is 14.2 Å². The number of sulfonamides is 1. The highest BCUT2D eigenvalue weighted by Gasteiger charge is 2.30. The highest BCUT2D eigenvalue weighted by Crippen LogP contribution is 2.23. The standard InChI is InChI=1S/C22H24N4O4S/c23-15-17-8-10-24-21(14-17)30-19-9-13-25(16-19)22(27)18-4-6-20(7-5-18)31(28,29)26-11-2-1-3-12-26/h4-8,10,14,19H,1-3,9,11-13,16H2. The van der Waals surface area contributed by atoms with Crippen molar-refractivity contribution in [2.24, 2.45) is 0 Å². The fourth-order valence-corrected chi connectivity index (χ4v) is 5.45. The number of aromatic nitrogens is 1. The molecule has 0 aliphatic carbocycles. The minimum Gasteiger partial charge on any atom is -0.472 e. The molecule has 1 atom stereocenters. The van der Waals surface area contributed by atoms with E-state index in [1.54, 1.807) is 29.2 Å². The Labute approximate surface area is 182 Å². The maximum Gasteiger partial charge on any atom is 0.253 e. The van der Waals surface area contributed by atoms with E-state index in [0.717, 1.165) is 19.3 Å². The molecule has 1 aromatic heterocycles. The minimum atomic E-state index is -3.51. The Hall–Kier alpha value is -2.96. The van der Waals surface area contributed by atoms with Crippen molar-refractivity contribution >= 4 is 15.9 Å². The van der Waals surface area contributed by atoms with Crippen molar-refractivity contribution in [2.75, 3.05) is 26.2 Å². The molecule has 1 amide bonds. The van der Waals surface area contributed by atoms with Crippen LogP contribution >= 0.6 is 0 Å². The molecule has 0 bridgehead atoms. The normalized spacial score (nSPS) is 19.7. The number of benzene rings is 1. The number of nitrogens with zero attached hydrogens (tertiary/aromatic N) is 4. The molecule has 2 aliphatic rings. The van der Waals surface area contributed by atoms with Gasteiger partial charge in [0.15, 0.2) is 0 Å². The molecule has 0 spiro atoms. The molecule has 2 aromatic rings. The third kappa shape index (κ3) is 4.70. The van der Waals surface area contributed by atoms with Crippen molar-refractivity contribution in [1.29, 1.82) is 5.26 Å². The molecule has 0 N–H and O–H groups in total. The monoisotopic (exact) mass is 440 g/mol. The van der Waals surface area contributed by atoms with Gasteiger partial charge >= 0.3 is 0 Å². The molecule has 2 saturated heterocycles. The number of hydrogen-bond donors (Lipinski definition) is 0. The minimum absolute atomic E-state index is 0.160. The zero-order chi connectivity index (χ0) is 21.8. The SMILES string of the molecule is N#Cc1ccnc(OC2CCN(C(=O)c3ccc(S(=O)(=O)N4CCCCC4)cc3)C2)c1. The number of likely N-dealkylation sites (tertiary alicyclic amines) is 1. The number of nitriles is 1. The van der Waals surface area contributed by atoms with Gasteiger partial charge in [-0.05, 0) is 43.2 Å². The van der Waals surface area contributed by atoms with Gasteiger partial charge < -0.3 is 9.64 Å². The van der Waals surface area contributed by atoms with E-state index in [4.69, 9.17) is 10.00 Å². The predicted octanol–water partition coefficient (Wildman–Crippen LogP) is 2.42. The van der Waals surface area contributed by atoms with E-state index in [-0.39, 0.29) is 16.9 Å². The molecule has 31 heavy (non-hydrogen) atoms. The maximum absolute atomic E-state index is 12.9. The Morgan fingerprint density at radius 2 is 1.84 bits per heavy atom. The van der Waals surface area contributed by atoms with Gasteiger partial charge in [0.25, 0.3) is 5.91 Å². The number of carbonyl (C=O) groups is 1. The van der Waals surface area contributed by atoms with Crippen molar-refractivity contribution in [3.8, 4) is 11.9 Å². The van der Waals surface area contributed by atoms with Crippen LogP contribution in [0.1, 0.15) is 41.6 Å². The lowest BCUT2D eigenvalue weighted by molar-refractivity contribution is 0.0771. The first-order valence-corrected chi connectivity index (χ1v) is 11.8. The Morgan fingerprint density at radius 1 is 1.10 bits per heavy atom. The Balaban J connectivity index is 1.39. The average Bonchev–Trinajstić information content (AvgIpc) is 3.27. The van der Waals surface area contributed by atoms with E-state index in [1.165, 1.54) is 22.6 Å². The van der Waals surface area contributed by atoms with E-state index in [2.05, 4.69) is 4.98 Å². The lowest BCUT2D eigenvalue weighted by atomic mass is 10.2. The van der Waals surface area contributed by atoms with Crippen LogP contribution in [0.2, 0.25) is 0 Å². The maximum atomic E-state index is 12.9. The van der Waals surface area contributed by atoms with E-state index in [9.17, 15) is 13.2 Å². The first-order valence-electron chi connectivity index (χ1n) is 10.4. The number of pyridine rings is 1. The van der Waals surface area contributed by atoms with E-state index >= 15 is 0 Å². The number of ether oxygens (including phenoxy) is 1. The lowest BCUT2D eigenvalue weighted by Gasteiger charge is -2.26. The first-order chi connectivity index (χ1) is 15.0. The first kappa shape index (κ1) is 21.3. The molecule has 1 unspecified atom stereocenters. The molecule has 0 radical (unpaired) electrons. The second kappa shape index (κ2) is 9.04. The number of hydrogen-bond acceptors (Lipinski definition) is 6. The summed E-state index contributed by atoms with van der Waals surface area (Å²) in [4.78, 5) is 18.9. The molecule has 2 fully saturated rings. The quantitative estimate of drug-likeness (QED) is 0.707. The van der Waals surface area contributed by atoms with Crippen LogP contribution in [-0.4, -0.2) is 60.8 Å². The summed E-state index contributed by atoms with van der Waals surface area (Å²) < 4.78 is 32.9. The molecule has 3 heterocycles. The zero-order valence-corrected chi connectivity index (χ0v) is 17.9. The van der Waals surface area contributed by atoms with Gasteiger partial charge in [0.1, 0.15) is 6.10 Å². The predicted molar refractivity (Wildman–Crippen MR) is 113 cm³/mol. The van der Waals surface area contributed by atoms with Gasteiger partial charge in [0, 0.05) is 43.9 Å². The average molecular weight is 441 g/mol. The Morgan fingerprint density at radius 3 is 2.55 bits per heavy atom. The summed E-state index contributed by atoms with van der Waals surface area (Å²) in [5.41, 5.74) is 0.915. The highest BCUT2D eigenvalue weighted by molar-refractivity contribution is 7.89. The Bertz CT molecular complexity index is 1090. The van der Waals surface area contributed by atoms with E-state index in [0.29, 0.717) is 49.6 Å². The summed E-state index contributed by atoms with van der Waals surface area (Å²) in [6.07, 6.45) is 4.79. The topological polar surface area (TPSA) is 104 Å². The van der Waals surface area contributed by atoms with Crippen molar-refractivity contribution in [2.45, 2.75) is 36.7 Å². The fraction of sp³-hybridized carbons (Fsp3) is 0.409. The summed E-state index contributed by atoms with van der Waals surface area (Å²) in [5.74, 6) is 0.206. The lowest BCUT2D eigenvalue weighted by Crippen LogP contribution is -2.35. The second-order valence-electron chi connectivity index (χ2n) is 7.76. The summed E-state index contributed by atoms with van der Waals surface area (Å²) in [6.45, 7) is 2.04. The summed E-state index contributed by atoms with van der Waals surface area (Å²) in [6, 6.07) is 11.4. The fourth-order valence-electron chi connectivity index (χ4n) is 3.93. The summed E-state index contributed by atoms with van der Waals surface area (Å²) in [5, 5.41) is 8.98. The van der Waals surface area contributed by atoms with Crippen LogP contribution in [0.5, 0.6) is 5.88 Å². The molecular weight excluding hydrogens is 416 g/mol. The van der Waals surface area contributed by atoms with Gasteiger partial charge in [-0.3, -0.25) is 4.79 Å². The number of carbonyl (C=O) groups excluding carboxylic acids is 1. The molecule has 162 valence electrons. The number of amides is 1. The van der Waals surface area contributed by atoms with Crippen LogP contribution < -0.4 is 4.74 Å². The second-order valence-corrected chi connectivity index (χ2v) is 9.70. The molecule has 1 aromatic carbocycles. The van der Waals surface area contributed by atoms with E-state index < -0.39 is 10.0 Å². The van der Waals surface area contributed by atoms with Crippen LogP contribution in [0.3, 0.4) is 0 Å². The molecule has 9 heteroatoms. The molecule has 0 saturated carbocycles. The summed E-state index contributed by atoms with van der Waals surface area (Å²) >= 11 is 0. The van der Waals surface area contributed by atoms with Crippen LogP contribution in [-0.2, 0) is 10.0 Å². The third-order valence-electron chi connectivity index (χ3n) is 5.64. The largest absolute Gasteiger partial charge is 0.472 e. The van der Waals surface area contributed by atoms with Crippen molar-refractivity contribution in [3.05, 3.63) is 53.7 Å². The van der Waals surface area contributed by atoms with Crippen LogP contribution in [0.25, 0.3) is 0 Å². The van der Waals surface area contributed by atoms with Crippen molar-refractivity contribution in [3.63, 3.8) is 0 Å². The van der Waals surface area contributed by atoms with Gasteiger partial charge in [-0.2, -0.15) is 9.57 Å². The molecule has 2 aliphatic heterocycles. The van der Waals surface area contributed by atoms with Gasteiger partial charge in [0.2, 0.25) is 15.9 Å². The van der Waals surface area contributed by atoms with Crippen LogP contribution in [0.15, 0.2) is 47.5 Å². The van der Waals surface area contributed by atoms with Crippen LogP contribution in [0.4, 0.5) is 0 Å². The van der Waals surface area contributed by atoms with Gasteiger partial charge in [-0.15, -0.1) is 0 Å². The van der Waals surface area contributed by atoms with Crippen LogP contribution in [0, 0.1) is 11.3 Å². The highest BCUT2D eigenvalue weighted by atomic mass is 32.2. The smallest absolute Gasteiger partial charge is 0.253 e. The van der Waals surface area contributed by atoms with Gasteiger partial charge in [-0.1, -0.05) is 6.42 Å². The molecular formula is C22H24N4O4S. The zero-order valence-electron chi connectivity index (χ0n) is 17.1.